The Labute approximate surface area is 288 Å². The molecule has 17 nitrogen and oxygen atoms in total. The largest absolute Gasteiger partial charge is 0.490 e. The molecule has 4 amide bonds. The van der Waals surface area contributed by atoms with Crippen LogP contribution in [-0.4, -0.2) is 121 Å². The van der Waals surface area contributed by atoms with Crippen molar-refractivity contribution in [2.24, 2.45) is 11.1 Å². The Bertz CT molecular complexity index is 1680. The molecular formula is C28H30F3N7O10S2. The summed E-state index contributed by atoms with van der Waals surface area (Å²) in [5.41, 5.74) is 6.40. The molecule has 22 heteroatoms. The van der Waals surface area contributed by atoms with Gasteiger partial charge in [-0.1, -0.05) is 17.8 Å². The van der Waals surface area contributed by atoms with Gasteiger partial charge < -0.3 is 41.4 Å². The number of alkyl halides is 3. The average Bonchev–Trinajstić information content (AvgIpc) is 3.70. The molecule has 270 valence electrons. The number of halogens is 3. The normalized spacial score (nSPS) is 22.0. The van der Waals surface area contributed by atoms with Gasteiger partial charge in [0.05, 0.1) is 0 Å². The van der Waals surface area contributed by atoms with Gasteiger partial charge in [-0.05, 0) is 36.3 Å². The van der Waals surface area contributed by atoms with E-state index in [9.17, 15) is 47.5 Å². The highest BCUT2D eigenvalue weighted by Gasteiger charge is 2.55. The average molecular weight is 746 g/mol. The molecule has 0 aromatic carbocycles. The molecule has 4 aliphatic rings. The molecule has 0 saturated carbocycles. The summed E-state index contributed by atoms with van der Waals surface area (Å²) >= 11 is 2.29. The summed E-state index contributed by atoms with van der Waals surface area (Å²) < 4.78 is 36.9. The van der Waals surface area contributed by atoms with Gasteiger partial charge in [0.15, 0.2) is 10.8 Å². The van der Waals surface area contributed by atoms with Gasteiger partial charge in [0, 0.05) is 36.3 Å². The van der Waals surface area contributed by atoms with Crippen molar-refractivity contribution < 1.29 is 62.1 Å². The molecule has 7 N–H and O–H groups in total. The van der Waals surface area contributed by atoms with Crippen molar-refractivity contribution in [3.05, 3.63) is 46.1 Å². The van der Waals surface area contributed by atoms with Crippen LogP contribution in [0, 0.1) is 5.92 Å². The topological polar surface area (TPSA) is 254 Å². The van der Waals surface area contributed by atoms with Crippen LogP contribution in [0.1, 0.15) is 25.0 Å². The van der Waals surface area contributed by atoms with E-state index in [1.807, 2.05) is 0 Å². The standard InChI is InChI=1S/C26H29N7O8S2.C2HF3O2/c1-2-9-41-26(39)32-7-4-12(5-8-32)16(13-3-6-28-20(13)34)14-10-42-23-18(22(36)33(23)19(14)24(37)38)30-21(35)17(31-40)15-11-43-25(27)29-15;3-2(4,5)1(6)7/h2,11-12,18,23,40H,1,3-10H2,(H2,27,29)(H,28,34)(H,30,35)(H,37,38);(H,6,7)/b16-13+,31-17-;/t18-,23-;/m1./s1. The Hall–Kier alpha value is -5.12. The number of thioether (sulfide) groups is 1. The van der Waals surface area contributed by atoms with Crippen LogP contribution in [0.25, 0.3) is 0 Å². The molecular weight excluding hydrogens is 715 g/mol. The minimum atomic E-state index is -5.08. The third-order valence-electron chi connectivity index (χ3n) is 7.85. The number of carbonyl (C=O) groups excluding carboxylic acids is 4. The molecule has 0 aliphatic carbocycles. The molecule has 5 heterocycles. The third kappa shape index (κ3) is 8.01. The number of carbonyl (C=O) groups is 6. The van der Waals surface area contributed by atoms with E-state index in [1.165, 1.54) is 23.2 Å². The van der Waals surface area contributed by atoms with E-state index in [-0.39, 0.29) is 40.7 Å². The quantitative estimate of drug-likeness (QED) is 0.0546. The van der Waals surface area contributed by atoms with Crippen LogP contribution in [0.4, 0.5) is 23.1 Å². The van der Waals surface area contributed by atoms with Crippen molar-refractivity contribution in [2.75, 3.05) is 37.7 Å². The van der Waals surface area contributed by atoms with Crippen LogP contribution >= 0.6 is 23.1 Å². The Kier molecular flexibility index (Phi) is 11.8. The minimum absolute atomic E-state index is 0.0296. The molecule has 4 aliphatic heterocycles. The number of aliphatic carboxylic acids is 2. The lowest BCUT2D eigenvalue weighted by molar-refractivity contribution is -0.192. The summed E-state index contributed by atoms with van der Waals surface area (Å²) in [6.07, 6.45) is -2.74. The fourth-order valence-corrected chi connectivity index (χ4v) is 7.58. The second-order valence-corrected chi connectivity index (χ2v) is 12.8. The zero-order valence-corrected chi connectivity index (χ0v) is 27.4. The smallest absolute Gasteiger partial charge is 0.477 e. The maximum atomic E-state index is 13.3. The highest BCUT2D eigenvalue weighted by Crippen LogP contribution is 2.46. The van der Waals surface area contributed by atoms with E-state index in [4.69, 9.17) is 20.4 Å². The molecule has 1 aromatic rings. The van der Waals surface area contributed by atoms with E-state index >= 15 is 0 Å². The molecule has 2 atom stereocenters. The zero-order chi connectivity index (χ0) is 36.9. The molecule has 1 aromatic heterocycles. The molecule has 3 saturated heterocycles. The maximum absolute atomic E-state index is 13.3. The molecule has 5 rings (SSSR count). The van der Waals surface area contributed by atoms with Crippen LogP contribution in [0.3, 0.4) is 0 Å². The van der Waals surface area contributed by atoms with E-state index in [0.29, 0.717) is 55.6 Å². The Morgan fingerprint density at radius 3 is 2.38 bits per heavy atom. The number of likely N-dealkylation sites (tertiary alicyclic amines) is 1. The fourth-order valence-electron chi connectivity index (χ4n) is 5.67. The number of piperidine rings is 1. The lowest BCUT2D eigenvalue weighted by Crippen LogP contribution is -2.71. The van der Waals surface area contributed by atoms with Gasteiger partial charge in [-0.25, -0.2) is 19.4 Å². The summed E-state index contributed by atoms with van der Waals surface area (Å²) in [6.45, 7) is 4.73. The van der Waals surface area contributed by atoms with E-state index < -0.39 is 53.1 Å². The molecule has 0 bridgehead atoms. The van der Waals surface area contributed by atoms with Crippen LogP contribution in [0.5, 0.6) is 0 Å². The van der Waals surface area contributed by atoms with Crippen molar-refractivity contribution in [3.8, 4) is 0 Å². The summed E-state index contributed by atoms with van der Waals surface area (Å²) in [6, 6.07) is -1.09. The first-order valence-electron chi connectivity index (χ1n) is 14.6. The van der Waals surface area contributed by atoms with Crippen molar-refractivity contribution >= 4 is 69.7 Å². The number of hydrogen-bond acceptors (Lipinski definition) is 13. The number of amides is 4. The number of hydrogen-bond donors (Lipinski definition) is 6. The number of thiazole rings is 1. The van der Waals surface area contributed by atoms with Gasteiger partial charge in [-0.2, -0.15) is 13.2 Å². The SMILES string of the molecule is C=CCOC(=O)N1CCC(/C(C2=C(C(=O)O)N3C(=O)[C@@H](NC(=O)/C(=N\O)c4csc(N)n4)[C@H]3SC2)=C2/CCNC2=O)CC1.O=C(O)C(F)(F)F. The number of ether oxygens (including phenoxy) is 1. The summed E-state index contributed by atoms with van der Waals surface area (Å²) in [5.74, 6) is -5.98. The van der Waals surface area contributed by atoms with Crippen LogP contribution in [0.15, 0.2) is 45.6 Å². The van der Waals surface area contributed by atoms with Gasteiger partial charge in [0.25, 0.3) is 11.8 Å². The lowest BCUT2D eigenvalue weighted by Gasteiger charge is -2.50. The minimum Gasteiger partial charge on any atom is -0.477 e. The van der Waals surface area contributed by atoms with Crippen LogP contribution in [0.2, 0.25) is 0 Å². The number of fused-ring (bicyclic) bond motifs is 1. The first-order chi connectivity index (χ1) is 23.6. The van der Waals surface area contributed by atoms with Gasteiger partial charge >= 0.3 is 24.2 Å². The second-order valence-electron chi connectivity index (χ2n) is 10.8. The van der Waals surface area contributed by atoms with Gasteiger partial charge in [0.1, 0.15) is 29.4 Å². The fraction of sp³-hybridized carbons (Fsp3) is 0.429. The number of nitrogens with zero attached hydrogens (tertiary/aromatic N) is 4. The number of nitrogens with two attached hydrogens (primary N) is 1. The number of aromatic nitrogens is 1. The van der Waals surface area contributed by atoms with Crippen molar-refractivity contribution in [3.63, 3.8) is 0 Å². The summed E-state index contributed by atoms with van der Waals surface area (Å²) in [7, 11) is 0. The number of allylic oxidation sites excluding steroid dienone is 1. The molecule has 0 unspecified atom stereocenters. The highest BCUT2D eigenvalue weighted by molar-refractivity contribution is 8.00. The highest BCUT2D eigenvalue weighted by atomic mass is 32.2. The van der Waals surface area contributed by atoms with Crippen LogP contribution in [-0.2, 0) is 28.7 Å². The number of β-lactam (4-membered cyclic amide) rings is 1. The maximum Gasteiger partial charge on any atom is 0.490 e. The summed E-state index contributed by atoms with van der Waals surface area (Å²) in [5, 5.41) is 36.0. The van der Waals surface area contributed by atoms with Crippen molar-refractivity contribution in [2.45, 2.75) is 36.9 Å². The predicted molar refractivity (Wildman–Crippen MR) is 169 cm³/mol. The Morgan fingerprint density at radius 1 is 1.22 bits per heavy atom. The first-order valence-corrected chi connectivity index (χ1v) is 16.5. The number of carboxylic acid groups (broad SMARTS) is 2. The van der Waals surface area contributed by atoms with Crippen molar-refractivity contribution in [1.29, 1.82) is 0 Å². The van der Waals surface area contributed by atoms with E-state index in [0.717, 1.165) is 16.2 Å². The zero-order valence-electron chi connectivity index (χ0n) is 25.8. The lowest BCUT2D eigenvalue weighted by atomic mass is 9.80. The molecule has 50 heavy (non-hydrogen) atoms. The number of nitrogens with one attached hydrogen (secondary N) is 2. The molecule has 0 radical (unpaired) electrons. The van der Waals surface area contributed by atoms with E-state index in [2.05, 4.69) is 27.4 Å². The summed E-state index contributed by atoms with van der Waals surface area (Å²) in [4.78, 5) is 79.6. The third-order valence-corrected chi connectivity index (χ3v) is 9.80. The predicted octanol–water partition coefficient (Wildman–Crippen LogP) is 1.13. The van der Waals surface area contributed by atoms with Gasteiger partial charge in [-0.15, -0.1) is 23.1 Å². The second kappa shape index (κ2) is 15.6. The molecule has 0 spiro atoms. The molecule has 3 fully saturated rings. The van der Waals surface area contributed by atoms with Crippen molar-refractivity contribution in [1.82, 2.24) is 25.4 Å². The monoisotopic (exact) mass is 745 g/mol. The number of anilines is 1. The number of rotatable bonds is 8. The number of carboxylic acids is 2. The first kappa shape index (κ1) is 37.7. The van der Waals surface area contributed by atoms with Gasteiger partial charge in [-0.3, -0.25) is 19.3 Å². The van der Waals surface area contributed by atoms with Gasteiger partial charge in [0.2, 0.25) is 5.91 Å². The number of nitrogen functional groups attached to an aromatic ring is 1. The Balaban J connectivity index is 0.000000727. The van der Waals surface area contributed by atoms with Crippen LogP contribution < -0.4 is 16.4 Å². The number of oxime groups is 1. The Morgan fingerprint density at radius 2 is 1.88 bits per heavy atom. The van der Waals surface area contributed by atoms with E-state index in [1.54, 1.807) is 4.90 Å².